The molecule has 1 saturated carbocycles. The van der Waals surface area contributed by atoms with Gasteiger partial charge in [-0.2, -0.15) is 14.7 Å². The first-order valence-electron chi connectivity index (χ1n) is 18.0. The molecule has 3 fully saturated rings. The lowest BCUT2D eigenvalue weighted by molar-refractivity contribution is -0.117. The Morgan fingerprint density at radius 2 is 1.78 bits per heavy atom. The van der Waals surface area contributed by atoms with E-state index in [0.29, 0.717) is 23.7 Å². The van der Waals surface area contributed by atoms with Gasteiger partial charge < -0.3 is 20.4 Å². The fraction of sp³-hybridized carbons (Fsp3) is 0.421. The van der Waals surface area contributed by atoms with Crippen LogP contribution in [0.1, 0.15) is 72.3 Å². The molecule has 13 nitrogen and oxygen atoms in total. The molecule has 13 heteroatoms. The maximum absolute atomic E-state index is 12.5. The summed E-state index contributed by atoms with van der Waals surface area (Å²) in [5.41, 5.74) is 8.32. The average molecular weight is 688 g/mol. The lowest BCUT2D eigenvalue weighted by atomic mass is 9.93. The van der Waals surface area contributed by atoms with Crippen molar-refractivity contribution in [3.63, 3.8) is 0 Å². The number of carbonyl (C=O) groups is 2. The molecule has 1 atom stereocenters. The van der Waals surface area contributed by atoms with E-state index in [-0.39, 0.29) is 23.9 Å². The Hall–Kier alpha value is -5.14. The fourth-order valence-electron chi connectivity index (χ4n) is 7.44. The minimum absolute atomic E-state index is 0.0163. The minimum Gasteiger partial charge on any atom is -0.364 e. The van der Waals surface area contributed by atoms with Crippen molar-refractivity contribution in [1.29, 1.82) is 0 Å². The van der Waals surface area contributed by atoms with Gasteiger partial charge in [0.1, 0.15) is 17.3 Å². The Morgan fingerprint density at radius 3 is 2.51 bits per heavy atom. The highest BCUT2D eigenvalue weighted by atomic mass is 16.2. The van der Waals surface area contributed by atoms with Gasteiger partial charge in [-0.05, 0) is 77.9 Å². The van der Waals surface area contributed by atoms with Crippen molar-refractivity contribution in [2.45, 2.75) is 58.2 Å². The van der Waals surface area contributed by atoms with Gasteiger partial charge in [0.15, 0.2) is 11.9 Å². The molecule has 1 amide bonds. The zero-order valence-corrected chi connectivity index (χ0v) is 29.7. The van der Waals surface area contributed by atoms with Crippen LogP contribution in [0.3, 0.4) is 0 Å². The standard InChI is InChI=1S/C33H34N10O2.C5H11N/c1-19-12-29-37-28(38-33(45)21-10-11-21)13-30(43(29)39-19)36-27-9-5-8-25-26-14-34-42(31(26)20(2)40(3)32(25)27)24-16-41(17-24)15-22-6-4-7-23(18-44)35-22;1-6-4-2-3-5-6/h4-9,12-14,18,20-21,24,36H,10-11,15-17H2,1-3H3,(H,37,38,45);2-5H2,1H3. The molecule has 7 heterocycles. The molecule has 1 unspecified atom stereocenters. The number of nitrogens with one attached hydrogen (secondary N) is 2. The van der Waals surface area contributed by atoms with E-state index < -0.39 is 0 Å². The number of nitrogens with zero attached hydrogens (tertiary/aromatic N) is 9. The van der Waals surface area contributed by atoms with Crippen molar-refractivity contribution in [3.8, 4) is 11.1 Å². The van der Waals surface area contributed by atoms with Crippen LogP contribution < -0.4 is 15.5 Å². The Bertz CT molecular complexity index is 2090. The summed E-state index contributed by atoms with van der Waals surface area (Å²) in [7, 11) is 4.29. The highest BCUT2D eigenvalue weighted by Crippen LogP contribution is 2.49. The number of carbonyl (C=O) groups excluding carboxylic acids is 2. The molecule has 1 aromatic carbocycles. The zero-order chi connectivity index (χ0) is 35.2. The summed E-state index contributed by atoms with van der Waals surface area (Å²) in [6.07, 6.45) is 7.46. The van der Waals surface area contributed by atoms with Crippen molar-refractivity contribution in [1.82, 2.24) is 39.2 Å². The molecule has 2 N–H and O–H groups in total. The summed E-state index contributed by atoms with van der Waals surface area (Å²) in [4.78, 5) is 39.8. The van der Waals surface area contributed by atoms with E-state index in [2.05, 4.69) is 84.3 Å². The number of pyridine rings is 1. The smallest absolute Gasteiger partial charge is 0.228 e. The summed E-state index contributed by atoms with van der Waals surface area (Å²) >= 11 is 0. The lowest BCUT2D eigenvalue weighted by Gasteiger charge is -2.42. The van der Waals surface area contributed by atoms with Gasteiger partial charge in [-0.25, -0.2) is 9.97 Å². The van der Waals surface area contributed by atoms with Gasteiger partial charge in [-0.3, -0.25) is 19.2 Å². The summed E-state index contributed by atoms with van der Waals surface area (Å²) < 4.78 is 3.98. The second kappa shape index (κ2) is 13.5. The van der Waals surface area contributed by atoms with Crippen molar-refractivity contribution in [2.24, 2.45) is 5.92 Å². The Labute approximate surface area is 297 Å². The van der Waals surface area contributed by atoms with E-state index in [9.17, 15) is 9.59 Å². The van der Waals surface area contributed by atoms with Crippen LogP contribution in [0.4, 0.5) is 23.0 Å². The number of amides is 1. The van der Waals surface area contributed by atoms with E-state index in [0.717, 1.165) is 71.9 Å². The quantitative estimate of drug-likeness (QED) is 0.203. The molecule has 4 aromatic heterocycles. The first-order valence-corrected chi connectivity index (χ1v) is 18.0. The summed E-state index contributed by atoms with van der Waals surface area (Å²) in [5, 5.41) is 16.2. The third kappa shape index (κ3) is 6.59. The summed E-state index contributed by atoms with van der Waals surface area (Å²) in [6, 6.07) is 15.9. The average Bonchev–Trinajstić information content (AvgIpc) is 3.49. The van der Waals surface area contributed by atoms with E-state index in [1.54, 1.807) is 10.6 Å². The second-order valence-electron chi connectivity index (χ2n) is 14.4. The van der Waals surface area contributed by atoms with Gasteiger partial charge in [0, 0.05) is 55.9 Å². The molecule has 0 radical (unpaired) electrons. The van der Waals surface area contributed by atoms with Crippen molar-refractivity contribution >= 4 is 40.9 Å². The van der Waals surface area contributed by atoms with Gasteiger partial charge >= 0.3 is 0 Å². The number of aryl methyl sites for hydroxylation is 1. The Kier molecular flexibility index (Phi) is 8.76. The van der Waals surface area contributed by atoms with Gasteiger partial charge in [0.25, 0.3) is 0 Å². The van der Waals surface area contributed by atoms with Crippen LogP contribution in [-0.2, 0) is 11.3 Å². The topological polar surface area (TPSA) is 129 Å². The first kappa shape index (κ1) is 33.0. The highest BCUT2D eigenvalue weighted by Gasteiger charge is 2.37. The predicted octanol–water partition coefficient (Wildman–Crippen LogP) is 5.48. The number of aromatic nitrogens is 6. The van der Waals surface area contributed by atoms with E-state index >= 15 is 0 Å². The zero-order valence-electron chi connectivity index (χ0n) is 29.7. The normalized spacial score (nSPS) is 18.8. The number of hydrogen-bond donors (Lipinski definition) is 2. The number of aldehydes is 1. The second-order valence-corrected chi connectivity index (χ2v) is 14.4. The Balaban J connectivity index is 0.000000567. The number of likely N-dealkylation sites (tertiary alicyclic amines) is 2. The molecular formula is C38H45N11O2. The van der Waals surface area contributed by atoms with E-state index in [1.165, 1.54) is 31.6 Å². The maximum Gasteiger partial charge on any atom is 0.228 e. The molecule has 264 valence electrons. The van der Waals surface area contributed by atoms with Crippen LogP contribution in [-0.4, -0.2) is 91.6 Å². The van der Waals surface area contributed by atoms with Crippen molar-refractivity contribution < 1.29 is 9.59 Å². The highest BCUT2D eigenvalue weighted by molar-refractivity contribution is 5.95. The lowest BCUT2D eigenvalue weighted by Crippen LogP contribution is -2.48. The first-order chi connectivity index (χ1) is 24.7. The van der Waals surface area contributed by atoms with Crippen LogP contribution in [0.15, 0.2) is 54.7 Å². The van der Waals surface area contributed by atoms with E-state index in [4.69, 9.17) is 5.10 Å². The molecule has 0 bridgehead atoms. The molecule has 2 saturated heterocycles. The van der Waals surface area contributed by atoms with Crippen LogP contribution in [0, 0.1) is 12.8 Å². The monoisotopic (exact) mass is 687 g/mol. The summed E-state index contributed by atoms with van der Waals surface area (Å²) in [5.74, 6) is 1.33. The van der Waals surface area contributed by atoms with Crippen LogP contribution >= 0.6 is 0 Å². The van der Waals surface area contributed by atoms with Gasteiger partial charge in [-0.1, -0.05) is 18.2 Å². The predicted molar refractivity (Wildman–Crippen MR) is 198 cm³/mol. The molecule has 1 aliphatic carbocycles. The molecule has 51 heavy (non-hydrogen) atoms. The maximum atomic E-state index is 12.5. The SMILES string of the molecule is CN1CCCC1.Cc1cc2nc(NC(=O)C3CC3)cc(Nc3cccc4c3N(C)C(C)c3c-4cnn3C3CN(Cc4cccc(C=O)n4)C3)n2n1. The van der Waals surface area contributed by atoms with Gasteiger partial charge in [0.2, 0.25) is 5.91 Å². The third-order valence-corrected chi connectivity index (χ3v) is 10.4. The van der Waals surface area contributed by atoms with Gasteiger partial charge in [-0.15, -0.1) is 0 Å². The van der Waals surface area contributed by atoms with Crippen molar-refractivity contribution in [2.75, 3.05) is 55.8 Å². The number of benzene rings is 1. The molecule has 4 aliphatic rings. The molecule has 0 spiro atoms. The number of rotatable bonds is 8. The largest absolute Gasteiger partial charge is 0.364 e. The molecule has 3 aliphatic heterocycles. The molecular weight excluding hydrogens is 642 g/mol. The van der Waals surface area contributed by atoms with E-state index in [1.807, 2.05) is 37.4 Å². The minimum atomic E-state index is 0.0163. The van der Waals surface area contributed by atoms with Crippen molar-refractivity contribution in [3.05, 3.63) is 77.5 Å². The number of hydrogen-bond acceptors (Lipinski definition) is 10. The van der Waals surface area contributed by atoms with Crippen LogP contribution in [0.25, 0.3) is 16.8 Å². The molecule has 9 rings (SSSR count). The number of para-hydroxylation sites is 1. The third-order valence-electron chi connectivity index (χ3n) is 10.4. The molecule has 5 aromatic rings. The van der Waals surface area contributed by atoms with Crippen LogP contribution in [0.2, 0.25) is 0 Å². The number of anilines is 4. The van der Waals surface area contributed by atoms with Crippen LogP contribution in [0.5, 0.6) is 0 Å². The summed E-state index contributed by atoms with van der Waals surface area (Å²) in [6.45, 7) is 9.23. The Morgan fingerprint density at radius 1 is 1.00 bits per heavy atom. The number of fused-ring (bicyclic) bond motifs is 4. The van der Waals surface area contributed by atoms with Gasteiger partial charge in [0.05, 0.1) is 46.7 Å². The fourth-order valence-corrected chi connectivity index (χ4v) is 7.44.